The van der Waals surface area contributed by atoms with E-state index >= 15 is 0 Å². The highest BCUT2D eigenvalue weighted by atomic mass is 35.5. The molecule has 264 valence electrons. The summed E-state index contributed by atoms with van der Waals surface area (Å²) in [6, 6.07) is 19.1. The lowest BCUT2D eigenvalue weighted by atomic mass is 9.97. The number of carbonyl (C=O) groups is 1. The first-order valence-corrected chi connectivity index (χ1v) is 17.7. The van der Waals surface area contributed by atoms with E-state index in [4.69, 9.17) is 37.7 Å². The molecule has 0 saturated carbocycles. The van der Waals surface area contributed by atoms with Gasteiger partial charge >= 0.3 is 0 Å². The van der Waals surface area contributed by atoms with Crippen molar-refractivity contribution in [2.75, 3.05) is 26.9 Å². The fraction of sp³-hybridized carbons (Fsp3) is 0.316. The number of benzene rings is 2. The van der Waals surface area contributed by atoms with E-state index in [0.29, 0.717) is 72.1 Å². The molecule has 2 aromatic carbocycles. The predicted molar refractivity (Wildman–Crippen MR) is 197 cm³/mol. The molecule has 13 heteroatoms. The number of pyridine rings is 2. The Morgan fingerprint density at radius 1 is 0.980 bits per heavy atom. The number of aromatic nitrogens is 3. The lowest BCUT2D eigenvalue weighted by Crippen LogP contribution is -2.46. The number of hydrogen-bond acceptors (Lipinski definition) is 9. The zero-order valence-electron chi connectivity index (χ0n) is 28.0. The highest BCUT2D eigenvalue weighted by molar-refractivity contribution is 6.39. The number of rotatable bonds is 11. The van der Waals surface area contributed by atoms with Crippen LogP contribution in [-0.2, 0) is 22.6 Å². The van der Waals surface area contributed by atoms with Gasteiger partial charge in [0.05, 0.1) is 35.6 Å². The maximum absolute atomic E-state index is 13.3. The fourth-order valence-corrected chi connectivity index (χ4v) is 7.31. The van der Waals surface area contributed by atoms with Crippen LogP contribution in [0.1, 0.15) is 30.4 Å². The molecule has 2 aliphatic rings. The third kappa shape index (κ3) is 7.50. The second kappa shape index (κ2) is 15.5. The molecule has 0 radical (unpaired) electrons. The average molecular weight is 730 g/mol. The molecule has 1 amide bonds. The van der Waals surface area contributed by atoms with E-state index < -0.39 is 6.10 Å². The third-order valence-corrected chi connectivity index (χ3v) is 10.3. The van der Waals surface area contributed by atoms with Crippen LogP contribution in [0.25, 0.3) is 39.2 Å². The summed E-state index contributed by atoms with van der Waals surface area (Å²) in [7, 11) is 1.58. The Labute approximate surface area is 305 Å². The number of methoxy groups -OCH3 is 1. The van der Waals surface area contributed by atoms with Gasteiger partial charge in [-0.1, -0.05) is 65.7 Å². The second-order valence-corrected chi connectivity index (χ2v) is 13.5. The molecule has 1 unspecified atom stereocenters. The number of ether oxygens (including phenoxy) is 2. The van der Waals surface area contributed by atoms with Crippen molar-refractivity contribution >= 4 is 34.8 Å². The van der Waals surface area contributed by atoms with Gasteiger partial charge in [-0.2, -0.15) is 0 Å². The quantitative estimate of drug-likeness (QED) is 0.148. The number of nitrogens with zero attached hydrogens (tertiary/aromatic N) is 3. The van der Waals surface area contributed by atoms with Crippen molar-refractivity contribution in [2.45, 2.75) is 50.5 Å². The molecule has 2 aliphatic heterocycles. The summed E-state index contributed by atoms with van der Waals surface area (Å²) in [4.78, 5) is 34.1. The first kappa shape index (κ1) is 35.1. The number of aliphatic hydroxyl groups excluding tert-OH is 1. The zero-order chi connectivity index (χ0) is 35.5. The highest BCUT2D eigenvalue weighted by Crippen LogP contribution is 2.42. The van der Waals surface area contributed by atoms with Gasteiger partial charge in [0.15, 0.2) is 0 Å². The molecule has 0 spiro atoms. The van der Waals surface area contributed by atoms with Gasteiger partial charge < -0.3 is 30.5 Å². The molecule has 3 atom stereocenters. The maximum Gasteiger partial charge on any atom is 0.262 e. The van der Waals surface area contributed by atoms with Crippen LogP contribution in [0.15, 0.2) is 77.9 Å². The molecule has 5 heterocycles. The Morgan fingerprint density at radius 2 is 1.75 bits per heavy atom. The van der Waals surface area contributed by atoms with Crippen LogP contribution < -0.4 is 26.2 Å². The normalized spacial score (nSPS) is 19.0. The standard InChI is InChI=1S/C38H38Cl2N6O5/c1-50-37-23(18-42-31-13-15-51-21-32(31)47)8-10-30(45-37)29-7-3-6-28(36(29)40)27-5-2-4-26(35(27)39)22-12-14-46-33(16-22)43-19-24(38(46)49)17-41-20-25-9-11-34(48)44-25/h2-8,10,12,14,16,19,25,31-32,41-42,47H,9,11,13,15,17-18,20-21H2,1H3,(H,44,48)/t25?,31-,32+/m1/s1. The third-order valence-electron chi connectivity index (χ3n) is 9.46. The van der Waals surface area contributed by atoms with Crippen LogP contribution in [0.5, 0.6) is 5.88 Å². The fourth-order valence-electron chi connectivity index (χ4n) is 6.65. The number of halogens is 2. The van der Waals surface area contributed by atoms with Crippen molar-refractivity contribution in [1.82, 2.24) is 30.3 Å². The van der Waals surface area contributed by atoms with E-state index in [2.05, 4.69) is 20.9 Å². The van der Waals surface area contributed by atoms with Crippen molar-refractivity contribution in [3.05, 3.63) is 105 Å². The summed E-state index contributed by atoms with van der Waals surface area (Å²) >= 11 is 14.2. The SMILES string of the molecule is COc1nc(-c2cccc(-c3cccc(-c4ccn5c(=O)c(CNCC6CCC(=O)N6)cnc5c4)c3Cl)c2Cl)ccc1CN[C@@H]1CCOC[C@@H]1O. The minimum Gasteiger partial charge on any atom is -0.481 e. The van der Waals surface area contributed by atoms with Crippen molar-refractivity contribution in [3.8, 4) is 39.4 Å². The number of fused-ring (bicyclic) bond motifs is 1. The van der Waals surface area contributed by atoms with E-state index in [1.165, 1.54) is 4.40 Å². The molecule has 0 bridgehead atoms. The minimum atomic E-state index is -0.563. The van der Waals surface area contributed by atoms with Gasteiger partial charge in [0.2, 0.25) is 11.8 Å². The van der Waals surface area contributed by atoms with Crippen molar-refractivity contribution in [2.24, 2.45) is 0 Å². The average Bonchev–Trinajstić information content (AvgIpc) is 3.57. The molecule has 5 aromatic rings. The van der Waals surface area contributed by atoms with Gasteiger partial charge in [-0.05, 0) is 36.6 Å². The van der Waals surface area contributed by atoms with Crippen molar-refractivity contribution in [3.63, 3.8) is 0 Å². The number of carbonyl (C=O) groups excluding carboxylic acids is 1. The van der Waals surface area contributed by atoms with E-state index in [0.717, 1.165) is 46.2 Å². The highest BCUT2D eigenvalue weighted by Gasteiger charge is 2.24. The van der Waals surface area contributed by atoms with Gasteiger partial charge in [0.1, 0.15) is 5.65 Å². The van der Waals surface area contributed by atoms with E-state index in [-0.39, 0.29) is 23.6 Å². The Hall–Kier alpha value is -4.36. The van der Waals surface area contributed by atoms with Crippen LogP contribution >= 0.6 is 23.2 Å². The van der Waals surface area contributed by atoms with Gasteiger partial charge in [-0.3, -0.25) is 14.0 Å². The Morgan fingerprint density at radius 3 is 2.49 bits per heavy atom. The Balaban J connectivity index is 1.12. The maximum atomic E-state index is 13.3. The predicted octanol–water partition coefficient (Wildman–Crippen LogP) is 5.01. The molecule has 7 rings (SSSR count). The lowest BCUT2D eigenvalue weighted by Gasteiger charge is -2.28. The molecule has 2 fully saturated rings. The number of nitrogens with one attached hydrogen (secondary N) is 3. The van der Waals surface area contributed by atoms with Crippen LogP contribution in [0.2, 0.25) is 10.0 Å². The molecule has 4 N–H and O–H groups in total. The zero-order valence-corrected chi connectivity index (χ0v) is 29.5. The summed E-state index contributed by atoms with van der Waals surface area (Å²) in [5.74, 6) is 0.528. The molecule has 51 heavy (non-hydrogen) atoms. The summed E-state index contributed by atoms with van der Waals surface area (Å²) < 4.78 is 12.5. The van der Waals surface area contributed by atoms with Crippen molar-refractivity contribution < 1.29 is 19.4 Å². The number of aliphatic hydroxyl groups is 1. The van der Waals surface area contributed by atoms with Crippen molar-refractivity contribution in [1.29, 1.82) is 0 Å². The topological polar surface area (TPSA) is 139 Å². The molecule has 3 aromatic heterocycles. The smallest absolute Gasteiger partial charge is 0.262 e. The number of hydrogen-bond donors (Lipinski definition) is 4. The molecular weight excluding hydrogens is 691 g/mol. The van der Waals surface area contributed by atoms with E-state index in [1.54, 1.807) is 19.5 Å². The summed E-state index contributed by atoms with van der Waals surface area (Å²) in [5.41, 5.74) is 6.15. The van der Waals surface area contributed by atoms with Gasteiger partial charge in [-0.25, -0.2) is 9.97 Å². The molecule has 0 aliphatic carbocycles. The summed E-state index contributed by atoms with van der Waals surface area (Å²) in [6.07, 6.45) is 4.78. The Bertz CT molecular complexity index is 2140. The van der Waals surface area contributed by atoms with Crippen LogP contribution in [-0.4, -0.2) is 70.4 Å². The largest absolute Gasteiger partial charge is 0.481 e. The van der Waals surface area contributed by atoms with Gasteiger partial charge in [0.25, 0.3) is 5.56 Å². The van der Waals surface area contributed by atoms with E-state index in [9.17, 15) is 14.7 Å². The summed E-state index contributed by atoms with van der Waals surface area (Å²) in [5, 5.41) is 20.8. The van der Waals surface area contributed by atoms with Gasteiger partial charge in [0, 0.05) is 90.5 Å². The number of amides is 1. The molecular formula is C38H38Cl2N6O5. The van der Waals surface area contributed by atoms with Gasteiger partial charge in [-0.15, -0.1) is 0 Å². The Kier molecular flexibility index (Phi) is 10.6. The second-order valence-electron chi connectivity index (χ2n) is 12.8. The lowest BCUT2D eigenvalue weighted by molar-refractivity contribution is -0.119. The first-order valence-electron chi connectivity index (χ1n) is 16.9. The molecule has 2 saturated heterocycles. The monoisotopic (exact) mass is 728 g/mol. The first-order chi connectivity index (χ1) is 24.8. The van der Waals surface area contributed by atoms with E-state index in [1.807, 2.05) is 60.7 Å². The summed E-state index contributed by atoms with van der Waals surface area (Å²) in [6.45, 7) is 2.34. The van der Waals surface area contributed by atoms with Crippen LogP contribution in [0, 0.1) is 0 Å². The molecule has 11 nitrogen and oxygen atoms in total. The van der Waals surface area contributed by atoms with Crippen LogP contribution in [0.4, 0.5) is 0 Å². The minimum absolute atomic E-state index is 0.0604. The van der Waals surface area contributed by atoms with Crippen LogP contribution in [0.3, 0.4) is 0 Å².